The highest BCUT2D eigenvalue weighted by atomic mass is 16.1. The van der Waals surface area contributed by atoms with Crippen molar-refractivity contribution in [2.75, 3.05) is 0 Å². The van der Waals surface area contributed by atoms with Crippen LogP contribution in [-0.2, 0) is 10.2 Å². The predicted molar refractivity (Wildman–Crippen MR) is 94.4 cm³/mol. The van der Waals surface area contributed by atoms with Crippen LogP contribution in [0.15, 0.2) is 60.7 Å². The van der Waals surface area contributed by atoms with Gasteiger partial charge in [-0.05, 0) is 36.8 Å². The molecule has 1 saturated carbocycles. The van der Waals surface area contributed by atoms with Crippen LogP contribution in [0.3, 0.4) is 0 Å². The molecule has 0 radical (unpaired) electrons. The summed E-state index contributed by atoms with van der Waals surface area (Å²) in [6.45, 7) is 1.91. The van der Waals surface area contributed by atoms with Crippen molar-refractivity contribution in [3.8, 4) is 0 Å². The van der Waals surface area contributed by atoms with E-state index in [1.807, 2.05) is 6.92 Å². The Balaban J connectivity index is 1.87. The van der Waals surface area contributed by atoms with Crippen molar-refractivity contribution in [2.45, 2.75) is 50.5 Å². The molecule has 1 fully saturated rings. The third-order valence-corrected chi connectivity index (χ3v) is 5.18. The van der Waals surface area contributed by atoms with Crippen LogP contribution in [0.1, 0.15) is 50.2 Å². The Bertz CT molecular complexity index is 586. The van der Waals surface area contributed by atoms with E-state index >= 15 is 0 Å². The van der Waals surface area contributed by atoms with Crippen LogP contribution in [0.4, 0.5) is 0 Å². The van der Waals surface area contributed by atoms with Crippen LogP contribution < -0.4 is 5.32 Å². The van der Waals surface area contributed by atoms with Gasteiger partial charge in [0.15, 0.2) is 0 Å². The maximum atomic E-state index is 11.7. The summed E-state index contributed by atoms with van der Waals surface area (Å²) < 4.78 is 0. The second-order valence-electron chi connectivity index (χ2n) is 6.51. The summed E-state index contributed by atoms with van der Waals surface area (Å²) in [6.07, 6.45) is 4.80. The summed E-state index contributed by atoms with van der Waals surface area (Å²) >= 11 is 0. The lowest BCUT2D eigenvalue weighted by Crippen LogP contribution is -2.42. The first-order valence-electron chi connectivity index (χ1n) is 8.65. The Hall–Kier alpha value is -2.09. The molecule has 1 aliphatic rings. The molecule has 1 aliphatic carbocycles. The van der Waals surface area contributed by atoms with Crippen LogP contribution in [0, 0.1) is 0 Å². The van der Waals surface area contributed by atoms with Crippen LogP contribution in [0.2, 0.25) is 0 Å². The van der Waals surface area contributed by atoms with E-state index < -0.39 is 0 Å². The summed E-state index contributed by atoms with van der Waals surface area (Å²) in [6, 6.07) is 22.0. The van der Waals surface area contributed by atoms with Crippen LogP contribution in [0.5, 0.6) is 0 Å². The standard InChI is InChI=1S/C21H25NO/c1-2-20(23)22-19-13-15-21(16-14-19,17-9-5-3-6-10-17)18-11-7-4-8-12-18/h3-12,19H,2,13-16H2,1H3,(H,22,23). The highest BCUT2D eigenvalue weighted by Crippen LogP contribution is 2.44. The maximum Gasteiger partial charge on any atom is 0.219 e. The molecule has 2 heteroatoms. The first kappa shape index (κ1) is 15.8. The third-order valence-electron chi connectivity index (χ3n) is 5.18. The van der Waals surface area contributed by atoms with Crippen molar-refractivity contribution in [1.82, 2.24) is 5.32 Å². The monoisotopic (exact) mass is 307 g/mol. The van der Waals surface area contributed by atoms with E-state index in [1.165, 1.54) is 11.1 Å². The van der Waals surface area contributed by atoms with Gasteiger partial charge in [0, 0.05) is 17.9 Å². The van der Waals surface area contributed by atoms with Crippen molar-refractivity contribution >= 4 is 5.91 Å². The van der Waals surface area contributed by atoms with E-state index in [0.29, 0.717) is 12.5 Å². The maximum absolute atomic E-state index is 11.7. The van der Waals surface area contributed by atoms with Gasteiger partial charge in [0.05, 0.1) is 0 Å². The zero-order valence-electron chi connectivity index (χ0n) is 13.8. The zero-order valence-corrected chi connectivity index (χ0v) is 13.8. The highest BCUT2D eigenvalue weighted by molar-refractivity contribution is 5.75. The molecule has 0 spiro atoms. The number of rotatable bonds is 4. The Kier molecular flexibility index (Phi) is 4.80. The summed E-state index contributed by atoms with van der Waals surface area (Å²) in [7, 11) is 0. The SMILES string of the molecule is CCC(=O)NC1CCC(c2ccccc2)(c2ccccc2)CC1. The Morgan fingerprint density at radius 1 is 0.957 bits per heavy atom. The molecule has 0 atom stereocenters. The number of nitrogens with one attached hydrogen (secondary N) is 1. The van der Waals surface area contributed by atoms with E-state index in [4.69, 9.17) is 0 Å². The molecule has 1 amide bonds. The average molecular weight is 307 g/mol. The average Bonchev–Trinajstić information content (AvgIpc) is 2.64. The molecular weight excluding hydrogens is 282 g/mol. The van der Waals surface area contributed by atoms with E-state index in [1.54, 1.807) is 0 Å². The molecule has 0 bridgehead atoms. The summed E-state index contributed by atoms with van der Waals surface area (Å²) in [5.41, 5.74) is 2.87. The number of carbonyl (C=O) groups is 1. The lowest BCUT2D eigenvalue weighted by atomic mass is 9.64. The molecule has 0 saturated heterocycles. The molecular formula is C21H25NO. The van der Waals surface area contributed by atoms with Crippen molar-refractivity contribution in [1.29, 1.82) is 0 Å². The van der Waals surface area contributed by atoms with Gasteiger partial charge in [0.25, 0.3) is 0 Å². The smallest absolute Gasteiger partial charge is 0.219 e. The van der Waals surface area contributed by atoms with Gasteiger partial charge in [-0.15, -0.1) is 0 Å². The number of benzene rings is 2. The van der Waals surface area contributed by atoms with Gasteiger partial charge in [0.1, 0.15) is 0 Å². The van der Waals surface area contributed by atoms with Gasteiger partial charge in [-0.2, -0.15) is 0 Å². The van der Waals surface area contributed by atoms with Crippen molar-refractivity contribution < 1.29 is 4.79 Å². The fraction of sp³-hybridized carbons (Fsp3) is 0.381. The van der Waals surface area contributed by atoms with Crippen molar-refractivity contribution in [2.24, 2.45) is 0 Å². The lowest BCUT2D eigenvalue weighted by molar-refractivity contribution is -0.121. The molecule has 23 heavy (non-hydrogen) atoms. The van der Waals surface area contributed by atoms with E-state index in [2.05, 4.69) is 66.0 Å². The van der Waals surface area contributed by atoms with Gasteiger partial charge in [-0.1, -0.05) is 67.6 Å². The Labute approximate surface area is 138 Å². The van der Waals surface area contributed by atoms with Crippen molar-refractivity contribution in [3.63, 3.8) is 0 Å². The third kappa shape index (κ3) is 3.31. The van der Waals surface area contributed by atoms with E-state index in [-0.39, 0.29) is 11.3 Å². The minimum absolute atomic E-state index is 0.0793. The van der Waals surface area contributed by atoms with Crippen LogP contribution >= 0.6 is 0 Å². The van der Waals surface area contributed by atoms with Crippen LogP contribution in [0.25, 0.3) is 0 Å². The largest absolute Gasteiger partial charge is 0.353 e. The first-order chi connectivity index (χ1) is 11.2. The Morgan fingerprint density at radius 3 is 1.87 bits per heavy atom. The fourth-order valence-corrected chi connectivity index (χ4v) is 3.84. The molecule has 1 N–H and O–H groups in total. The van der Waals surface area contributed by atoms with Crippen LogP contribution in [-0.4, -0.2) is 11.9 Å². The number of amides is 1. The number of hydrogen-bond donors (Lipinski definition) is 1. The van der Waals surface area contributed by atoms with Gasteiger partial charge in [-0.3, -0.25) is 4.79 Å². The quantitative estimate of drug-likeness (QED) is 0.889. The fourth-order valence-electron chi connectivity index (χ4n) is 3.84. The Morgan fingerprint density at radius 2 is 1.43 bits per heavy atom. The molecule has 3 rings (SSSR count). The van der Waals surface area contributed by atoms with E-state index in [0.717, 1.165) is 25.7 Å². The first-order valence-corrected chi connectivity index (χ1v) is 8.65. The van der Waals surface area contributed by atoms with Gasteiger partial charge in [0.2, 0.25) is 5.91 Å². The van der Waals surface area contributed by atoms with E-state index in [9.17, 15) is 4.79 Å². The molecule has 2 nitrogen and oxygen atoms in total. The summed E-state index contributed by atoms with van der Waals surface area (Å²) in [5.74, 6) is 0.168. The minimum atomic E-state index is 0.0793. The predicted octanol–water partition coefficient (Wildman–Crippen LogP) is 4.44. The number of hydrogen-bond acceptors (Lipinski definition) is 1. The van der Waals surface area contributed by atoms with Gasteiger partial charge < -0.3 is 5.32 Å². The highest BCUT2D eigenvalue weighted by Gasteiger charge is 2.38. The number of carbonyl (C=O) groups excluding carboxylic acids is 1. The molecule has 120 valence electrons. The second-order valence-corrected chi connectivity index (χ2v) is 6.51. The van der Waals surface area contributed by atoms with Crippen molar-refractivity contribution in [3.05, 3.63) is 71.8 Å². The van der Waals surface area contributed by atoms with Gasteiger partial charge >= 0.3 is 0 Å². The molecule has 2 aromatic rings. The molecule has 0 aliphatic heterocycles. The summed E-state index contributed by atoms with van der Waals surface area (Å²) in [4.78, 5) is 11.7. The second kappa shape index (κ2) is 6.99. The molecule has 0 unspecified atom stereocenters. The van der Waals surface area contributed by atoms with Gasteiger partial charge in [-0.25, -0.2) is 0 Å². The molecule has 0 aromatic heterocycles. The molecule has 2 aromatic carbocycles. The topological polar surface area (TPSA) is 29.1 Å². The molecule has 0 heterocycles. The summed E-state index contributed by atoms with van der Waals surface area (Å²) in [5, 5.41) is 3.17. The normalized spacial score (nSPS) is 17.6. The lowest BCUT2D eigenvalue weighted by Gasteiger charge is -2.41. The minimum Gasteiger partial charge on any atom is -0.353 e. The zero-order chi connectivity index (χ0) is 16.1.